The summed E-state index contributed by atoms with van der Waals surface area (Å²) in [5.41, 5.74) is -2.44. The molecule has 0 unspecified atom stereocenters. The highest BCUT2D eigenvalue weighted by molar-refractivity contribution is 14.1. The molecule has 0 saturated carbocycles. The predicted molar refractivity (Wildman–Crippen MR) is 69.0 cm³/mol. The Labute approximate surface area is 133 Å². The Morgan fingerprint density at radius 3 is 2.32 bits per heavy atom. The molecule has 0 radical (unpaired) electrons. The van der Waals surface area contributed by atoms with Gasteiger partial charge in [-0.25, -0.2) is 0 Å². The Morgan fingerprint density at radius 1 is 1.27 bits per heavy atom. The van der Waals surface area contributed by atoms with Crippen LogP contribution in [0, 0.1) is 3.57 Å². The van der Waals surface area contributed by atoms with Crippen molar-refractivity contribution in [2.24, 2.45) is 0 Å². The molecule has 0 aromatic carbocycles. The first-order valence-corrected chi connectivity index (χ1v) is 6.69. The highest BCUT2D eigenvalue weighted by Crippen LogP contribution is 2.42. The van der Waals surface area contributed by atoms with Gasteiger partial charge < -0.3 is 9.47 Å². The van der Waals surface area contributed by atoms with Gasteiger partial charge in [0.05, 0.1) is 18.7 Å². The molecule has 0 aliphatic rings. The molecule has 11 heteroatoms. The van der Waals surface area contributed by atoms with Gasteiger partial charge in [0.1, 0.15) is 5.56 Å². The van der Waals surface area contributed by atoms with Crippen molar-refractivity contribution in [1.29, 1.82) is 0 Å². The quantitative estimate of drug-likeness (QED) is 0.405. The number of alkyl halides is 6. The Bertz CT molecular complexity index is 558. The molecule has 0 saturated heterocycles. The molecule has 0 N–H and O–H groups in total. The number of rotatable bonds is 4. The van der Waals surface area contributed by atoms with Crippen LogP contribution in [0.25, 0.3) is 0 Å². The van der Waals surface area contributed by atoms with Gasteiger partial charge in [-0.1, -0.05) is 0 Å². The molecule has 4 nitrogen and oxygen atoms in total. The van der Waals surface area contributed by atoms with Gasteiger partial charge in [-0.2, -0.15) is 13.2 Å². The van der Waals surface area contributed by atoms with Crippen LogP contribution in [0.3, 0.4) is 0 Å². The minimum absolute atomic E-state index is 0.0786. The molecule has 124 valence electrons. The summed E-state index contributed by atoms with van der Waals surface area (Å²) >= 11 is 1.18. The third kappa shape index (κ3) is 5.18. The predicted octanol–water partition coefficient (Wildman–Crippen LogP) is 3.71. The van der Waals surface area contributed by atoms with Crippen LogP contribution in [0.5, 0.6) is 5.75 Å². The minimum atomic E-state index is -5.37. The number of pyridine rings is 1. The average Bonchev–Trinajstić information content (AvgIpc) is 2.29. The Balaban J connectivity index is 3.40. The molecular formula is C11H8F6INO3. The molecule has 0 fully saturated rings. The molecular weight excluding hydrogens is 435 g/mol. The van der Waals surface area contributed by atoms with Crippen LogP contribution in [0.15, 0.2) is 6.20 Å². The molecule has 22 heavy (non-hydrogen) atoms. The molecule has 1 heterocycles. The number of carbonyl (C=O) groups is 1. The lowest BCUT2D eigenvalue weighted by atomic mass is 10.1. The lowest BCUT2D eigenvalue weighted by Gasteiger charge is -2.19. The number of aromatic nitrogens is 1. The van der Waals surface area contributed by atoms with Gasteiger partial charge >= 0.3 is 18.5 Å². The Kier molecular flexibility index (Phi) is 5.87. The van der Waals surface area contributed by atoms with Crippen LogP contribution in [0.2, 0.25) is 0 Å². The van der Waals surface area contributed by atoms with E-state index in [0.717, 1.165) is 0 Å². The summed E-state index contributed by atoms with van der Waals surface area (Å²) in [4.78, 5) is 14.7. The molecule has 1 aromatic heterocycles. The second kappa shape index (κ2) is 6.87. The molecule has 0 spiro atoms. The van der Waals surface area contributed by atoms with Crippen molar-refractivity contribution >= 4 is 28.6 Å². The third-order valence-corrected chi connectivity index (χ3v) is 3.00. The van der Waals surface area contributed by atoms with Crippen molar-refractivity contribution in [3.63, 3.8) is 0 Å². The molecule has 0 bridgehead atoms. The number of nitrogens with zero attached hydrogens (tertiary/aromatic N) is 1. The van der Waals surface area contributed by atoms with E-state index in [1.807, 2.05) is 0 Å². The van der Waals surface area contributed by atoms with Gasteiger partial charge in [0.25, 0.3) is 0 Å². The maximum absolute atomic E-state index is 13.0. The molecule has 0 atom stereocenters. The zero-order valence-electron chi connectivity index (χ0n) is 10.8. The second-order valence-electron chi connectivity index (χ2n) is 3.78. The van der Waals surface area contributed by atoms with Crippen molar-refractivity contribution in [2.45, 2.75) is 25.9 Å². The van der Waals surface area contributed by atoms with Crippen molar-refractivity contribution in [1.82, 2.24) is 4.98 Å². The SMILES string of the molecule is CCOC(=O)Cc1ncc(I)c(C(F)(F)F)c1OC(F)(F)F. The Morgan fingerprint density at radius 2 is 1.86 bits per heavy atom. The van der Waals surface area contributed by atoms with Gasteiger partial charge in [0.15, 0.2) is 5.75 Å². The first kappa shape index (κ1) is 18.8. The molecule has 1 aromatic rings. The molecule has 1 rings (SSSR count). The monoisotopic (exact) mass is 443 g/mol. The van der Waals surface area contributed by atoms with E-state index in [1.165, 1.54) is 29.5 Å². The van der Waals surface area contributed by atoms with Crippen molar-refractivity contribution in [3.05, 3.63) is 21.0 Å². The fourth-order valence-electron chi connectivity index (χ4n) is 1.47. The number of ether oxygens (including phenoxy) is 2. The van der Waals surface area contributed by atoms with Gasteiger partial charge in [0.2, 0.25) is 0 Å². The van der Waals surface area contributed by atoms with Crippen LogP contribution in [-0.4, -0.2) is 23.9 Å². The normalized spacial score (nSPS) is 12.2. The Hall–Kier alpha value is -1.27. The van der Waals surface area contributed by atoms with E-state index in [9.17, 15) is 31.1 Å². The van der Waals surface area contributed by atoms with E-state index in [0.29, 0.717) is 6.20 Å². The van der Waals surface area contributed by atoms with E-state index >= 15 is 0 Å². The first-order valence-electron chi connectivity index (χ1n) is 5.61. The first-order chi connectivity index (χ1) is 9.95. The zero-order chi connectivity index (χ0) is 17.1. The van der Waals surface area contributed by atoms with Gasteiger partial charge in [-0.05, 0) is 29.5 Å². The number of esters is 1. The van der Waals surface area contributed by atoms with E-state index in [-0.39, 0.29) is 6.61 Å². The fourth-order valence-corrected chi connectivity index (χ4v) is 2.16. The fraction of sp³-hybridized carbons (Fsp3) is 0.455. The van der Waals surface area contributed by atoms with E-state index < -0.39 is 45.5 Å². The largest absolute Gasteiger partial charge is 0.573 e. The van der Waals surface area contributed by atoms with Crippen LogP contribution in [0.1, 0.15) is 18.2 Å². The highest BCUT2D eigenvalue weighted by atomic mass is 127. The smallest absolute Gasteiger partial charge is 0.466 e. The molecule has 0 aliphatic carbocycles. The molecule has 0 aliphatic heterocycles. The lowest BCUT2D eigenvalue weighted by molar-refractivity contribution is -0.276. The number of hydrogen-bond donors (Lipinski definition) is 0. The maximum Gasteiger partial charge on any atom is 0.573 e. The zero-order valence-corrected chi connectivity index (χ0v) is 13.0. The topological polar surface area (TPSA) is 48.4 Å². The van der Waals surface area contributed by atoms with Crippen LogP contribution < -0.4 is 4.74 Å². The summed E-state index contributed by atoms with van der Waals surface area (Å²) in [5.74, 6) is -2.56. The third-order valence-electron chi connectivity index (χ3n) is 2.18. The summed E-state index contributed by atoms with van der Waals surface area (Å²) in [7, 11) is 0. The maximum atomic E-state index is 13.0. The highest BCUT2D eigenvalue weighted by Gasteiger charge is 2.43. The van der Waals surface area contributed by atoms with Crippen LogP contribution in [0.4, 0.5) is 26.3 Å². The van der Waals surface area contributed by atoms with E-state index in [2.05, 4.69) is 14.5 Å². The average molecular weight is 443 g/mol. The van der Waals surface area contributed by atoms with Crippen molar-refractivity contribution in [3.8, 4) is 5.75 Å². The number of carbonyl (C=O) groups excluding carboxylic acids is 1. The minimum Gasteiger partial charge on any atom is -0.466 e. The summed E-state index contributed by atoms with van der Waals surface area (Å²) < 4.78 is 83.3. The summed E-state index contributed by atoms with van der Waals surface area (Å²) in [5, 5.41) is 0. The van der Waals surface area contributed by atoms with Gasteiger partial charge in [-0.15, -0.1) is 13.2 Å². The van der Waals surface area contributed by atoms with E-state index in [4.69, 9.17) is 0 Å². The number of hydrogen-bond acceptors (Lipinski definition) is 4. The van der Waals surface area contributed by atoms with E-state index in [1.54, 1.807) is 0 Å². The van der Waals surface area contributed by atoms with Gasteiger partial charge in [-0.3, -0.25) is 9.78 Å². The van der Waals surface area contributed by atoms with Gasteiger partial charge in [0, 0.05) is 9.77 Å². The summed E-state index contributed by atoms with van der Waals surface area (Å²) in [6.07, 6.45) is -10.6. The molecule has 0 amide bonds. The summed E-state index contributed by atoms with van der Waals surface area (Å²) in [6, 6.07) is 0. The number of halogens is 7. The van der Waals surface area contributed by atoms with Crippen LogP contribution in [-0.2, 0) is 22.1 Å². The second-order valence-corrected chi connectivity index (χ2v) is 4.95. The van der Waals surface area contributed by atoms with Crippen molar-refractivity contribution < 1.29 is 40.6 Å². The van der Waals surface area contributed by atoms with Crippen LogP contribution >= 0.6 is 22.6 Å². The lowest BCUT2D eigenvalue weighted by Crippen LogP contribution is -2.23. The van der Waals surface area contributed by atoms with Crippen molar-refractivity contribution in [2.75, 3.05) is 6.61 Å². The summed E-state index contributed by atoms with van der Waals surface area (Å²) in [6.45, 7) is 1.36. The standard InChI is InChI=1S/C11H8F6INO3/c1-2-21-7(20)3-6-9(22-11(15,16)17)8(10(12,13)14)5(18)4-19-6/h4H,2-3H2,1H3.